The van der Waals surface area contributed by atoms with Crippen molar-refractivity contribution in [2.75, 3.05) is 31.3 Å². The molecule has 0 fully saturated rings. The predicted molar refractivity (Wildman–Crippen MR) is 106 cm³/mol. The Kier molecular flexibility index (Phi) is 7.03. The Balaban J connectivity index is 1.92. The lowest BCUT2D eigenvalue weighted by Gasteiger charge is -2.21. The number of carbonyl (C=O) groups is 1. The number of benzene rings is 2. The van der Waals surface area contributed by atoms with Gasteiger partial charge in [-0.2, -0.15) is 0 Å². The first-order valence-corrected chi connectivity index (χ1v) is 9.30. The van der Waals surface area contributed by atoms with Crippen LogP contribution in [0, 0.1) is 10.1 Å². The van der Waals surface area contributed by atoms with Crippen LogP contribution in [0.5, 0.6) is 0 Å². The first-order chi connectivity index (χ1) is 12.4. The van der Waals surface area contributed by atoms with Crippen LogP contribution in [-0.4, -0.2) is 42.1 Å². The number of nitro benzene ring substituents is 1. The van der Waals surface area contributed by atoms with E-state index < -0.39 is 4.92 Å². The number of hydrogen-bond acceptors (Lipinski definition) is 5. The highest BCUT2D eigenvalue weighted by Gasteiger charge is 2.13. The number of thioether (sulfide) groups is 1. The monoisotopic (exact) mass is 373 g/mol. The van der Waals surface area contributed by atoms with Gasteiger partial charge in [0.1, 0.15) is 0 Å². The molecular weight excluding hydrogens is 350 g/mol. The Morgan fingerprint density at radius 3 is 2.19 bits per heavy atom. The zero-order valence-corrected chi connectivity index (χ0v) is 16.0. The number of hydrogen-bond donors (Lipinski definition) is 0. The van der Waals surface area contributed by atoms with Crippen molar-refractivity contribution in [3.63, 3.8) is 0 Å². The smallest absolute Gasteiger partial charge is 0.269 e. The third-order valence-electron chi connectivity index (χ3n) is 3.97. The van der Waals surface area contributed by atoms with Crippen LogP contribution in [-0.2, 0) is 11.3 Å². The number of nitrogens with zero attached hydrogens (tertiary/aromatic N) is 3. The molecule has 0 saturated heterocycles. The van der Waals surface area contributed by atoms with Gasteiger partial charge in [-0.1, -0.05) is 12.1 Å². The molecule has 1 amide bonds. The zero-order valence-electron chi connectivity index (χ0n) is 15.2. The molecule has 0 aliphatic heterocycles. The fraction of sp³-hybridized carbons (Fsp3) is 0.316. The van der Waals surface area contributed by atoms with Gasteiger partial charge in [-0.25, -0.2) is 0 Å². The minimum absolute atomic E-state index is 0.0486. The molecule has 0 heterocycles. The zero-order chi connectivity index (χ0) is 19.1. The lowest BCUT2D eigenvalue weighted by Crippen LogP contribution is -2.31. The van der Waals surface area contributed by atoms with E-state index in [1.165, 1.54) is 23.9 Å². The highest BCUT2D eigenvalue weighted by atomic mass is 32.2. The Labute approximate surface area is 158 Å². The van der Waals surface area contributed by atoms with Crippen LogP contribution in [0.2, 0.25) is 0 Å². The van der Waals surface area contributed by atoms with Crippen LogP contribution in [0.4, 0.5) is 11.4 Å². The fourth-order valence-corrected chi connectivity index (χ4v) is 3.20. The summed E-state index contributed by atoms with van der Waals surface area (Å²) in [5, 5.41) is 10.7. The Hall–Kier alpha value is -2.54. The van der Waals surface area contributed by atoms with E-state index in [1.807, 2.05) is 55.1 Å². The second-order valence-electron chi connectivity index (χ2n) is 6.01. The van der Waals surface area contributed by atoms with Crippen LogP contribution >= 0.6 is 11.8 Å². The molecule has 26 heavy (non-hydrogen) atoms. The topological polar surface area (TPSA) is 66.7 Å². The molecule has 2 rings (SSSR count). The summed E-state index contributed by atoms with van der Waals surface area (Å²) in [6.07, 6.45) is 0. The highest BCUT2D eigenvalue weighted by molar-refractivity contribution is 8.00. The summed E-state index contributed by atoms with van der Waals surface area (Å²) in [5.41, 5.74) is 2.26. The molecule has 0 bridgehead atoms. The van der Waals surface area contributed by atoms with E-state index in [9.17, 15) is 14.9 Å². The number of carbonyl (C=O) groups excluding carboxylic acids is 1. The molecule has 0 atom stereocenters. The number of amides is 1. The number of non-ortho nitro benzene ring substituents is 1. The van der Waals surface area contributed by atoms with E-state index in [1.54, 1.807) is 12.1 Å². The van der Waals surface area contributed by atoms with Crippen LogP contribution in [0.1, 0.15) is 12.5 Å². The molecule has 0 unspecified atom stereocenters. The van der Waals surface area contributed by atoms with Crippen molar-refractivity contribution in [2.24, 2.45) is 0 Å². The molecule has 0 spiro atoms. The van der Waals surface area contributed by atoms with Gasteiger partial charge in [-0.3, -0.25) is 14.9 Å². The van der Waals surface area contributed by atoms with Gasteiger partial charge < -0.3 is 9.80 Å². The second kappa shape index (κ2) is 9.24. The first-order valence-electron chi connectivity index (χ1n) is 8.32. The molecule has 0 aromatic heterocycles. The van der Waals surface area contributed by atoms with Crippen molar-refractivity contribution in [3.05, 3.63) is 64.2 Å². The first kappa shape index (κ1) is 19.8. The number of anilines is 1. The predicted octanol–water partition coefficient (Wildman–Crippen LogP) is 3.80. The Morgan fingerprint density at radius 1 is 1.08 bits per heavy atom. The van der Waals surface area contributed by atoms with Gasteiger partial charge in [-0.05, 0) is 36.8 Å². The molecule has 0 aliphatic carbocycles. The SMILES string of the molecule is CCN(Cc1ccc(N(C)C)cc1)C(=O)CSc1ccc([N+](=O)[O-])cc1. The minimum atomic E-state index is -0.431. The van der Waals surface area contributed by atoms with Crippen LogP contribution < -0.4 is 4.90 Å². The summed E-state index contributed by atoms with van der Waals surface area (Å²) in [7, 11) is 3.98. The highest BCUT2D eigenvalue weighted by Crippen LogP contribution is 2.22. The molecule has 7 heteroatoms. The standard InChI is InChI=1S/C19H23N3O3S/c1-4-21(13-15-5-7-16(8-6-15)20(2)3)19(23)14-26-18-11-9-17(10-12-18)22(24)25/h5-12H,4,13-14H2,1-3H3. The summed E-state index contributed by atoms with van der Waals surface area (Å²) in [4.78, 5) is 27.4. The van der Waals surface area contributed by atoms with Crippen molar-refractivity contribution >= 4 is 29.0 Å². The second-order valence-corrected chi connectivity index (χ2v) is 7.06. The third-order valence-corrected chi connectivity index (χ3v) is 4.97. The Morgan fingerprint density at radius 2 is 1.69 bits per heavy atom. The third kappa shape index (κ3) is 5.49. The van der Waals surface area contributed by atoms with E-state index >= 15 is 0 Å². The van der Waals surface area contributed by atoms with Crippen LogP contribution in [0.25, 0.3) is 0 Å². The molecule has 138 valence electrons. The summed E-state index contributed by atoms with van der Waals surface area (Å²) < 4.78 is 0. The molecule has 2 aromatic rings. The van der Waals surface area contributed by atoms with Crippen molar-refractivity contribution in [1.29, 1.82) is 0 Å². The summed E-state index contributed by atoms with van der Waals surface area (Å²) >= 11 is 1.39. The molecule has 2 aromatic carbocycles. The molecule has 0 radical (unpaired) electrons. The van der Waals surface area contributed by atoms with E-state index in [0.29, 0.717) is 18.8 Å². The summed E-state index contributed by atoms with van der Waals surface area (Å²) in [6.45, 7) is 3.17. The lowest BCUT2D eigenvalue weighted by atomic mass is 10.2. The average Bonchev–Trinajstić information content (AvgIpc) is 2.64. The average molecular weight is 373 g/mol. The van der Waals surface area contributed by atoms with Crippen LogP contribution in [0.15, 0.2) is 53.4 Å². The fourth-order valence-electron chi connectivity index (χ4n) is 2.40. The van der Waals surface area contributed by atoms with Crippen molar-refractivity contribution in [3.8, 4) is 0 Å². The number of rotatable bonds is 8. The molecule has 0 aliphatic rings. The van der Waals surface area contributed by atoms with E-state index in [-0.39, 0.29) is 11.6 Å². The normalized spacial score (nSPS) is 10.4. The van der Waals surface area contributed by atoms with Crippen LogP contribution in [0.3, 0.4) is 0 Å². The van der Waals surface area contributed by atoms with Gasteiger partial charge in [-0.15, -0.1) is 11.8 Å². The van der Waals surface area contributed by atoms with Gasteiger partial charge in [0.2, 0.25) is 5.91 Å². The molecule has 6 nitrogen and oxygen atoms in total. The molecule has 0 saturated carbocycles. The Bertz CT molecular complexity index is 746. The van der Waals surface area contributed by atoms with Gasteiger partial charge in [0.15, 0.2) is 0 Å². The largest absolute Gasteiger partial charge is 0.378 e. The van der Waals surface area contributed by atoms with Gasteiger partial charge in [0, 0.05) is 49.9 Å². The summed E-state index contributed by atoms with van der Waals surface area (Å²) in [6, 6.07) is 14.4. The van der Waals surface area contributed by atoms with Crippen molar-refractivity contribution in [2.45, 2.75) is 18.4 Å². The van der Waals surface area contributed by atoms with E-state index in [4.69, 9.17) is 0 Å². The van der Waals surface area contributed by atoms with E-state index in [2.05, 4.69) is 0 Å². The van der Waals surface area contributed by atoms with Gasteiger partial charge >= 0.3 is 0 Å². The number of nitro groups is 1. The maximum Gasteiger partial charge on any atom is 0.269 e. The quantitative estimate of drug-likeness (QED) is 0.400. The summed E-state index contributed by atoms with van der Waals surface area (Å²) in [5.74, 6) is 0.356. The molecular formula is C19H23N3O3S. The minimum Gasteiger partial charge on any atom is -0.378 e. The maximum atomic E-state index is 12.5. The van der Waals surface area contributed by atoms with Gasteiger partial charge in [0.25, 0.3) is 5.69 Å². The van der Waals surface area contributed by atoms with Crippen molar-refractivity contribution < 1.29 is 9.72 Å². The van der Waals surface area contributed by atoms with E-state index in [0.717, 1.165) is 16.1 Å². The van der Waals surface area contributed by atoms with Crippen molar-refractivity contribution in [1.82, 2.24) is 4.90 Å². The maximum absolute atomic E-state index is 12.5. The lowest BCUT2D eigenvalue weighted by molar-refractivity contribution is -0.384. The van der Waals surface area contributed by atoms with Gasteiger partial charge in [0.05, 0.1) is 10.7 Å². The molecule has 0 N–H and O–H groups in total.